The van der Waals surface area contributed by atoms with Gasteiger partial charge in [-0.05, 0) is 42.7 Å². The second-order valence-corrected chi connectivity index (χ2v) is 6.91. The van der Waals surface area contributed by atoms with Crippen LogP contribution in [0.25, 0.3) is 0 Å². The highest BCUT2D eigenvalue weighted by atomic mass is 16.5. The van der Waals surface area contributed by atoms with Crippen molar-refractivity contribution in [1.82, 2.24) is 0 Å². The van der Waals surface area contributed by atoms with E-state index >= 15 is 0 Å². The molecule has 112 valence electrons. The van der Waals surface area contributed by atoms with Gasteiger partial charge in [-0.15, -0.1) is 0 Å². The fourth-order valence-corrected chi connectivity index (χ4v) is 3.41. The van der Waals surface area contributed by atoms with Gasteiger partial charge in [0.25, 0.3) is 0 Å². The molecule has 2 N–H and O–H groups in total. The van der Waals surface area contributed by atoms with Crippen molar-refractivity contribution in [3.63, 3.8) is 0 Å². The Balaban J connectivity index is 2.24. The van der Waals surface area contributed by atoms with Crippen molar-refractivity contribution in [2.75, 3.05) is 19.0 Å². The van der Waals surface area contributed by atoms with Gasteiger partial charge in [0.05, 0.1) is 24.9 Å². The van der Waals surface area contributed by atoms with Gasteiger partial charge >= 0.3 is 0 Å². The largest absolute Gasteiger partial charge is 0.495 e. The van der Waals surface area contributed by atoms with Crippen LogP contribution in [0, 0.1) is 11.3 Å². The van der Waals surface area contributed by atoms with Crippen molar-refractivity contribution >= 4 is 5.69 Å². The van der Waals surface area contributed by atoms with Crippen LogP contribution in [0.3, 0.4) is 0 Å². The Morgan fingerprint density at radius 3 is 2.60 bits per heavy atom. The number of ether oxygens (including phenoxy) is 1. The number of hydrogen-bond donors (Lipinski definition) is 2. The van der Waals surface area contributed by atoms with Crippen molar-refractivity contribution in [3.05, 3.63) is 24.3 Å². The normalized spacial score (nSPS) is 28.9. The Hall–Kier alpha value is -1.22. The summed E-state index contributed by atoms with van der Waals surface area (Å²) in [4.78, 5) is 0. The summed E-state index contributed by atoms with van der Waals surface area (Å²) in [7, 11) is 1.68. The van der Waals surface area contributed by atoms with E-state index in [4.69, 9.17) is 4.74 Å². The zero-order chi connectivity index (χ0) is 14.8. The predicted molar refractivity (Wildman–Crippen MR) is 83.2 cm³/mol. The first kappa shape index (κ1) is 15.2. The summed E-state index contributed by atoms with van der Waals surface area (Å²) in [6.45, 7) is 7.02. The molecule has 1 saturated carbocycles. The molecule has 1 fully saturated rings. The van der Waals surface area contributed by atoms with Gasteiger partial charge in [-0.3, -0.25) is 0 Å². The zero-order valence-corrected chi connectivity index (χ0v) is 13.1. The summed E-state index contributed by atoms with van der Waals surface area (Å²) >= 11 is 0. The molecule has 0 aliphatic heterocycles. The molecule has 3 nitrogen and oxygen atoms in total. The number of nitrogens with one attached hydrogen (secondary N) is 1. The third-order valence-corrected chi connectivity index (χ3v) is 4.82. The Morgan fingerprint density at radius 1 is 1.30 bits per heavy atom. The predicted octanol–water partition coefficient (Wildman–Crippen LogP) is 3.68. The number of aliphatic hydroxyl groups excluding tert-OH is 1. The molecule has 20 heavy (non-hydrogen) atoms. The highest BCUT2D eigenvalue weighted by Gasteiger charge is 2.43. The minimum atomic E-state index is -0.246. The molecule has 0 saturated heterocycles. The van der Waals surface area contributed by atoms with E-state index in [1.165, 1.54) is 0 Å². The number of rotatable bonds is 4. The van der Waals surface area contributed by atoms with E-state index in [0.29, 0.717) is 11.3 Å². The van der Waals surface area contributed by atoms with E-state index in [2.05, 4.69) is 26.1 Å². The summed E-state index contributed by atoms with van der Waals surface area (Å²) < 4.78 is 5.41. The van der Waals surface area contributed by atoms with Gasteiger partial charge in [0.2, 0.25) is 0 Å². The lowest BCUT2D eigenvalue weighted by atomic mass is 9.64. The number of methoxy groups -OCH3 is 1. The van der Waals surface area contributed by atoms with Gasteiger partial charge in [-0.2, -0.15) is 0 Å². The van der Waals surface area contributed by atoms with Crippen LogP contribution in [0.2, 0.25) is 0 Å². The summed E-state index contributed by atoms with van der Waals surface area (Å²) in [6, 6.07) is 7.92. The summed E-state index contributed by atoms with van der Waals surface area (Å²) in [5.41, 5.74) is 1.08. The first-order chi connectivity index (χ1) is 9.42. The lowest BCUT2D eigenvalue weighted by molar-refractivity contribution is 0.0683. The maximum absolute atomic E-state index is 10.0. The monoisotopic (exact) mass is 277 g/mol. The number of hydrogen-bond acceptors (Lipinski definition) is 3. The molecular weight excluding hydrogens is 250 g/mol. The SMILES string of the molecule is COc1ccccc1NC1(CO)CCC(C)(C)CC1C. The minimum Gasteiger partial charge on any atom is -0.495 e. The lowest BCUT2D eigenvalue weighted by Crippen LogP contribution is -2.52. The average molecular weight is 277 g/mol. The van der Waals surface area contributed by atoms with Crippen LogP contribution in [0.15, 0.2) is 24.3 Å². The third-order valence-electron chi connectivity index (χ3n) is 4.82. The molecule has 1 aliphatic carbocycles. The molecule has 3 heteroatoms. The van der Waals surface area contributed by atoms with Crippen LogP contribution >= 0.6 is 0 Å². The summed E-state index contributed by atoms with van der Waals surface area (Å²) in [6.07, 6.45) is 3.23. The van der Waals surface area contributed by atoms with Gasteiger partial charge in [0.15, 0.2) is 0 Å². The minimum absolute atomic E-state index is 0.155. The van der Waals surface area contributed by atoms with Crippen molar-refractivity contribution in [3.8, 4) is 5.75 Å². The molecule has 0 bridgehead atoms. The van der Waals surface area contributed by atoms with E-state index in [1.807, 2.05) is 24.3 Å². The summed E-state index contributed by atoms with van der Waals surface area (Å²) in [5.74, 6) is 1.25. The number of aliphatic hydroxyl groups is 1. The smallest absolute Gasteiger partial charge is 0.141 e. The van der Waals surface area contributed by atoms with Crippen molar-refractivity contribution in [2.24, 2.45) is 11.3 Å². The molecule has 1 aliphatic rings. The van der Waals surface area contributed by atoms with Crippen molar-refractivity contribution in [1.29, 1.82) is 0 Å². The molecular formula is C17H27NO2. The molecule has 1 aromatic carbocycles. The first-order valence-corrected chi connectivity index (χ1v) is 7.44. The Labute approximate surface area is 122 Å². The highest BCUT2D eigenvalue weighted by molar-refractivity contribution is 5.58. The van der Waals surface area contributed by atoms with Crippen LogP contribution in [-0.4, -0.2) is 24.4 Å². The maximum atomic E-state index is 10.0. The highest BCUT2D eigenvalue weighted by Crippen LogP contribution is 2.45. The molecule has 2 rings (SSSR count). The standard InChI is InChI=1S/C17H27NO2/c1-13-11-16(2,3)9-10-17(13,12-19)18-14-7-5-6-8-15(14)20-4/h5-8,13,18-19H,9-12H2,1-4H3. The Morgan fingerprint density at radius 2 is 2.00 bits per heavy atom. The van der Waals surface area contributed by atoms with Gasteiger partial charge in [-0.1, -0.05) is 32.9 Å². The van der Waals surface area contributed by atoms with Crippen molar-refractivity contribution < 1.29 is 9.84 Å². The Kier molecular flexibility index (Phi) is 4.28. The first-order valence-electron chi connectivity index (χ1n) is 7.44. The quantitative estimate of drug-likeness (QED) is 0.882. The lowest BCUT2D eigenvalue weighted by Gasteiger charge is -2.48. The second kappa shape index (κ2) is 5.65. The van der Waals surface area contributed by atoms with E-state index in [-0.39, 0.29) is 12.1 Å². The Bertz CT molecular complexity index is 458. The van der Waals surface area contributed by atoms with E-state index in [1.54, 1.807) is 7.11 Å². The molecule has 2 atom stereocenters. The van der Waals surface area contributed by atoms with Gasteiger partial charge < -0.3 is 15.2 Å². The molecule has 2 unspecified atom stereocenters. The van der Waals surface area contributed by atoms with Crippen molar-refractivity contribution in [2.45, 2.75) is 45.6 Å². The number of benzene rings is 1. The van der Waals surface area contributed by atoms with Crippen LogP contribution < -0.4 is 10.1 Å². The van der Waals surface area contributed by atoms with E-state index in [9.17, 15) is 5.11 Å². The molecule has 0 heterocycles. The fraction of sp³-hybridized carbons (Fsp3) is 0.647. The van der Waals surface area contributed by atoms with Crippen LogP contribution in [0.5, 0.6) is 5.75 Å². The van der Waals surface area contributed by atoms with Gasteiger partial charge in [0.1, 0.15) is 5.75 Å². The maximum Gasteiger partial charge on any atom is 0.141 e. The topological polar surface area (TPSA) is 41.5 Å². The van der Waals surface area contributed by atoms with E-state index < -0.39 is 0 Å². The molecule has 1 aromatic rings. The van der Waals surface area contributed by atoms with E-state index in [0.717, 1.165) is 30.7 Å². The van der Waals surface area contributed by atoms with Crippen LogP contribution in [-0.2, 0) is 0 Å². The van der Waals surface area contributed by atoms with Gasteiger partial charge in [-0.25, -0.2) is 0 Å². The molecule has 0 radical (unpaired) electrons. The fourth-order valence-electron chi connectivity index (χ4n) is 3.41. The van der Waals surface area contributed by atoms with Crippen LogP contribution in [0.4, 0.5) is 5.69 Å². The molecule has 0 spiro atoms. The molecule has 0 aromatic heterocycles. The van der Waals surface area contributed by atoms with Crippen LogP contribution in [0.1, 0.15) is 40.0 Å². The number of para-hydroxylation sites is 2. The average Bonchev–Trinajstić information content (AvgIpc) is 2.42. The van der Waals surface area contributed by atoms with Gasteiger partial charge in [0, 0.05) is 0 Å². The third kappa shape index (κ3) is 2.93. The zero-order valence-electron chi connectivity index (χ0n) is 13.1. The number of anilines is 1. The second-order valence-electron chi connectivity index (χ2n) is 6.91. The molecule has 0 amide bonds. The summed E-state index contributed by atoms with van der Waals surface area (Å²) in [5, 5.41) is 13.6.